The van der Waals surface area contributed by atoms with Crippen molar-refractivity contribution in [2.45, 2.75) is 26.7 Å². The maximum Gasteiger partial charge on any atom is 0.304 e. The quantitative estimate of drug-likeness (QED) is 0.418. The van der Waals surface area contributed by atoms with Gasteiger partial charge in [0, 0.05) is 6.54 Å². The summed E-state index contributed by atoms with van der Waals surface area (Å²) in [6, 6.07) is 0. The van der Waals surface area contributed by atoms with Gasteiger partial charge in [-0.3, -0.25) is 15.6 Å². The van der Waals surface area contributed by atoms with Gasteiger partial charge in [0.05, 0.1) is 6.42 Å². The lowest BCUT2D eigenvalue weighted by Gasteiger charge is -1.96. The molecule has 0 aliphatic rings. The van der Waals surface area contributed by atoms with Crippen LogP contribution in [0.3, 0.4) is 0 Å². The molecular formula is C7H18N2O2. The molecule has 0 atom stereocenters. The van der Waals surface area contributed by atoms with Crippen LogP contribution in [0.15, 0.2) is 0 Å². The average molecular weight is 162 g/mol. The molecule has 4 heteroatoms. The van der Waals surface area contributed by atoms with Crippen LogP contribution in [0.4, 0.5) is 0 Å². The van der Waals surface area contributed by atoms with Crippen molar-refractivity contribution in [2.75, 3.05) is 13.6 Å². The van der Waals surface area contributed by atoms with E-state index in [1.54, 1.807) is 7.05 Å². The second-order valence-electron chi connectivity index (χ2n) is 2.03. The lowest BCUT2D eigenvalue weighted by Crippen LogP contribution is -2.29. The zero-order valence-electron chi connectivity index (χ0n) is 7.48. The van der Waals surface area contributed by atoms with Gasteiger partial charge >= 0.3 is 5.97 Å². The summed E-state index contributed by atoms with van der Waals surface area (Å²) in [5.41, 5.74) is 5.26. The van der Waals surface area contributed by atoms with Crippen LogP contribution in [-0.2, 0) is 4.79 Å². The maximum absolute atomic E-state index is 9.81. The Balaban J connectivity index is 0. The Morgan fingerprint density at radius 1 is 1.45 bits per heavy atom. The van der Waals surface area contributed by atoms with E-state index in [0.717, 1.165) is 0 Å². The van der Waals surface area contributed by atoms with Crippen molar-refractivity contribution >= 4 is 5.97 Å². The van der Waals surface area contributed by atoms with E-state index < -0.39 is 5.97 Å². The normalized spacial score (nSPS) is 8.27. The van der Waals surface area contributed by atoms with Crippen LogP contribution in [0.25, 0.3) is 0 Å². The molecule has 0 amide bonds. The molecule has 0 aliphatic carbocycles. The van der Waals surface area contributed by atoms with Crippen LogP contribution in [0, 0.1) is 0 Å². The minimum absolute atomic E-state index is 0.154. The third-order valence-corrected chi connectivity index (χ3v) is 0.641. The smallest absolute Gasteiger partial charge is 0.304 e. The van der Waals surface area contributed by atoms with Gasteiger partial charge < -0.3 is 5.11 Å². The molecule has 0 heterocycles. The van der Waals surface area contributed by atoms with Crippen LogP contribution < -0.4 is 10.9 Å². The Labute approximate surface area is 68.0 Å². The summed E-state index contributed by atoms with van der Waals surface area (Å²) in [6.45, 7) is 4.71. The second-order valence-corrected chi connectivity index (χ2v) is 2.03. The van der Waals surface area contributed by atoms with E-state index >= 15 is 0 Å². The Morgan fingerprint density at radius 2 is 1.91 bits per heavy atom. The maximum atomic E-state index is 9.81. The molecule has 0 aromatic heterocycles. The van der Waals surface area contributed by atoms with Gasteiger partial charge in [-0.05, 0) is 7.05 Å². The number of hydrazine groups is 1. The Kier molecular flexibility index (Phi) is 14.3. The molecule has 0 spiro atoms. The number of hydrogen-bond acceptors (Lipinski definition) is 3. The molecule has 0 aromatic carbocycles. The highest BCUT2D eigenvalue weighted by Crippen LogP contribution is 1.70. The van der Waals surface area contributed by atoms with Crippen molar-refractivity contribution in [1.29, 1.82) is 0 Å². The number of carbonyl (C=O) groups is 1. The molecule has 0 saturated carbocycles. The average Bonchev–Trinajstić information content (AvgIpc) is 1.89. The van der Waals surface area contributed by atoms with Crippen LogP contribution in [0.1, 0.15) is 26.7 Å². The van der Waals surface area contributed by atoms with E-state index in [1.807, 2.05) is 0 Å². The third kappa shape index (κ3) is 26.6. The highest BCUT2D eigenvalue weighted by atomic mass is 16.4. The molecule has 0 fully saturated rings. The van der Waals surface area contributed by atoms with Crippen LogP contribution in [0.2, 0.25) is 0 Å². The highest BCUT2D eigenvalue weighted by Gasteiger charge is 1.91. The first kappa shape index (κ1) is 13.0. The zero-order chi connectivity index (χ0) is 9.11. The standard InChI is InChI=1S/C4H10N2O2.C3H8/c1-5-6-3-2-4(7)8;1-3-2/h5-6H,2-3H2,1H3,(H,7,8);3H2,1-2H3. The van der Waals surface area contributed by atoms with E-state index in [1.165, 1.54) is 6.42 Å². The monoisotopic (exact) mass is 162 g/mol. The summed E-state index contributed by atoms with van der Waals surface area (Å²) in [5, 5.41) is 8.07. The largest absolute Gasteiger partial charge is 0.481 e. The first-order valence-corrected chi connectivity index (χ1v) is 3.80. The SMILES string of the molecule is CCC.CNNCCC(=O)O. The van der Waals surface area contributed by atoms with Crippen molar-refractivity contribution in [3.8, 4) is 0 Å². The fourth-order valence-corrected chi connectivity index (χ4v) is 0.294. The molecular weight excluding hydrogens is 144 g/mol. The molecule has 68 valence electrons. The molecule has 0 saturated heterocycles. The van der Waals surface area contributed by atoms with Gasteiger partial charge in [-0.15, -0.1) is 0 Å². The van der Waals surface area contributed by atoms with Crippen LogP contribution >= 0.6 is 0 Å². The summed E-state index contributed by atoms with van der Waals surface area (Å²) in [4.78, 5) is 9.81. The van der Waals surface area contributed by atoms with Gasteiger partial charge in [0.15, 0.2) is 0 Å². The van der Waals surface area contributed by atoms with Crippen molar-refractivity contribution in [3.63, 3.8) is 0 Å². The van der Waals surface area contributed by atoms with Crippen molar-refractivity contribution in [2.24, 2.45) is 0 Å². The predicted molar refractivity (Wildman–Crippen MR) is 45.3 cm³/mol. The van der Waals surface area contributed by atoms with Gasteiger partial charge in [-0.25, -0.2) is 0 Å². The summed E-state index contributed by atoms with van der Waals surface area (Å²) < 4.78 is 0. The number of rotatable bonds is 4. The van der Waals surface area contributed by atoms with E-state index in [2.05, 4.69) is 24.7 Å². The molecule has 4 nitrogen and oxygen atoms in total. The predicted octanol–water partition coefficient (Wildman–Crippen LogP) is 0.601. The second kappa shape index (κ2) is 12.1. The van der Waals surface area contributed by atoms with Crippen LogP contribution in [0.5, 0.6) is 0 Å². The molecule has 0 rings (SSSR count). The van der Waals surface area contributed by atoms with E-state index in [4.69, 9.17) is 5.11 Å². The molecule has 11 heavy (non-hydrogen) atoms. The van der Waals surface area contributed by atoms with Crippen LogP contribution in [-0.4, -0.2) is 24.7 Å². The Bertz CT molecular complexity index is 86.5. The number of aliphatic carboxylic acids is 1. The van der Waals surface area contributed by atoms with Gasteiger partial charge in [0.1, 0.15) is 0 Å². The summed E-state index contributed by atoms with van der Waals surface area (Å²) in [7, 11) is 1.70. The van der Waals surface area contributed by atoms with Crippen molar-refractivity contribution < 1.29 is 9.90 Å². The van der Waals surface area contributed by atoms with E-state index in [9.17, 15) is 4.79 Å². The number of hydrogen-bond donors (Lipinski definition) is 3. The van der Waals surface area contributed by atoms with Gasteiger partial charge in [-0.2, -0.15) is 0 Å². The summed E-state index contributed by atoms with van der Waals surface area (Å²) in [6.07, 6.45) is 1.40. The third-order valence-electron chi connectivity index (χ3n) is 0.641. The zero-order valence-corrected chi connectivity index (χ0v) is 7.48. The molecule has 0 radical (unpaired) electrons. The molecule has 0 unspecified atom stereocenters. The Morgan fingerprint density at radius 3 is 2.18 bits per heavy atom. The lowest BCUT2D eigenvalue weighted by atomic mass is 10.4. The fourth-order valence-electron chi connectivity index (χ4n) is 0.294. The molecule has 0 bridgehead atoms. The molecule has 0 aromatic rings. The summed E-state index contributed by atoms with van der Waals surface area (Å²) >= 11 is 0. The lowest BCUT2D eigenvalue weighted by molar-refractivity contribution is -0.136. The number of nitrogens with one attached hydrogen (secondary N) is 2. The van der Waals surface area contributed by atoms with E-state index in [-0.39, 0.29) is 6.42 Å². The van der Waals surface area contributed by atoms with Crippen molar-refractivity contribution in [3.05, 3.63) is 0 Å². The number of carboxylic acid groups (broad SMARTS) is 1. The van der Waals surface area contributed by atoms with Gasteiger partial charge in [-0.1, -0.05) is 20.3 Å². The minimum Gasteiger partial charge on any atom is -0.481 e. The molecule has 0 aliphatic heterocycles. The first-order valence-electron chi connectivity index (χ1n) is 3.80. The first-order chi connectivity index (χ1) is 5.18. The van der Waals surface area contributed by atoms with Gasteiger partial charge in [0.2, 0.25) is 0 Å². The Hall–Kier alpha value is -0.610. The summed E-state index contributed by atoms with van der Waals surface area (Å²) in [5.74, 6) is -0.784. The minimum atomic E-state index is -0.784. The number of carboxylic acids is 1. The van der Waals surface area contributed by atoms with Gasteiger partial charge in [0.25, 0.3) is 0 Å². The van der Waals surface area contributed by atoms with Crippen molar-refractivity contribution in [1.82, 2.24) is 10.9 Å². The highest BCUT2D eigenvalue weighted by molar-refractivity contribution is 5.66. The molecule has 3 N–H and O–H groups in total. The fraction of sp³-hybridized carbons (Fsp3) is 0.857. The topological polar surface area (TPSA) is 61.4 Å². The van der Waals surface area contributed by atoms with E-state index in [0.29, 0.717) is 6.54 Å².